The molecular formula is C28F10N8. The zero-order valence-corrected chi connectivity index (χ0v) is 21.4. The average molecular weight is 638 g/mol. The molecule has 2 heterocycles. The van der Waals surface area contributed by atoms with Gasteiger partial charge in [0.25, 0.3) is 11.9 Å². The molecular weight excluding hydrogens is 638 g/mol. The fourth-order valence-corrected chi connectivity index (χ4v) is 4.96. The van der Waals surface area contributed by atoms with E-state index in [1.165, 1.54) is 12.1 Å². The molecule has 0 aliphatic rings. The van der Waals surface area contributed by atoms with E-state index in [0.717, 1.165) is 0 Å². The third-order valence-corrected chi connectivity index (χ3v) is 6.86. The van der Waals surface area contributed by atoms with Gasteiger partial charge in [0.1, 0.15) is 57.4 Å². The van der Waals surface area contributed by atoms with E-state index in [-0.39, 0.29) is 0 Å². The Morgan fingerprint density at radius 2 is 0.652 bits per heavy atom. The number of hydrogen-bond donors (Lipinski definition) is 0. The van der Waals surface area contributed by atoms with Crippen molar-refractivity contribution in [1.29, 1.82) is 21.0 Å². The molecule has 0 fully saturated rings. The molecule has 0 aliphatic heterocycles. The largest absolute Gasteiger partial charge is 0.269 e. The van der Waals surface area contributed by atoms with E-state index in [1.807, 2.05) is 0 Å². The molecule has 46 heavy (non-hydrogen) atoms. The van der Waals surface area contributed by atoms with Crippen LogP contribution < -0.4 is 0 Å². The van der Waals surface area contributed by atoms with Crippen LogP contribution in [-0.2, 0) is 0 Å². The Morgan fingerprint density at radius 3 is 1.13 bits per heavy atom. The summed E-state index contributed by atoms with van der Waals surface area (Å²) in [4.78, 5) is 14.1. The van der Waals surface area contributed by atoms with Crippen LogP contribution in [0.3, 0.4) is 0 Å². The molecule has 0 bridgehead atoms. The number of rotatable bonds is 1. The summed E-state index contributed by atoms with van der Waals surface area (Å²) in [6.45, 7) is 0. The minimum Gasteiger partial charge on any atom is -0.240 e. The third kappa shape index (κ3) is 3.58. The van der Waals surface area contributed by atoms with Crippen molar-refractivity contribution in [2.24, 2.45) is 0 Å². The minimum absolute atomic E-state index is 0.656. The zero-order chi connectivity index (χ0) is 33.5. The van der Waals surface area contributed by atoms with Crippen molar-refractivity contribution in [2.75, 3.05) is 0 Å². The molecule has 0 atom stereocenters. The standard InChI is InChI=1S/C28F10N8/c29-13-11(14(30)18(34)19(35)17(13)33)12-15(31)20(36)24-23(16(12)32)44-25-21(43-24)9-7(3-41)5(1-39)6(2-40)8(4-42)10(9)22-26(25)46-28(38)27(37)45-22. The molecule has 0 spiro atoms. The molecule has 0 saturated carbocycles. The van der Waals surface area contributed by atoms with Gasteiger partial charge in [0.2, 0.25) is 5.82 Å². The Morgan fingerprint density at radius 1 is 0.326 bits per heavy atom. The summed E-state index contributed by atoms with van der Waals surface area (Å²) in [5, 5.41) is 37.8. The van der Waals surface area contributed by atoms with Gasteiger partial charge in [-0.3, -0.25) is 0 Å². The molecule has 4 aromatic carbocycles. The van der Waals surface area contributed by atoms with Crippen molar-refractivity contribution in [2.45, 2.75) is 0 Å². The Balaban J connectivity index is 1.96. The van der Waals surface area contributed by atoms with Crippen LogP contribution in [0.15, 0.2) is 0 Å². The van der Waals surface area contributed by atoms with Gasteiger partial charge in [-0.25, -0.2) is 55.1 Å². The first-order valence-electron chi connectivity index (χ1n) is 11.8. The molecule has 6 rings (SSSR count). The first-order valence-corrected chi connectivity index (χ1v) is 11.8. The average Bonchev–Trinajstić information content (AvgIpc) is 3.05. The number of fused-ring (bicyclic) bond motifs is 7. The molecule has 18 heteroatoms. The van der Waals surface area contributed by atoms with Gasteiger partial charge in [0.05, 0.1) is 33.4 Å². The van der Waals surface area contributed by atoms with E-state index in [4.69, 9.17) is 0 Å². The maximum Gasteiger partial charge on any atom is 0.269 e. The van der Waals surface area contributed by atoms with Crippen LogP contribution in [-0.4, -0.2) is 19.9 Å². The fraction of sp³-hybridized carbons (Fsp3) is 0. The monoisotopic (exact) mass is 638 g/mol. The van der Waals surface area contributed by atoms with Gasteiger partial charge in [-0.05, 0) is 0 Å². The van der Waals surface area contributed by atoms with Crippen LogP contribution in [0.5, 0.6) is 0 Å². The lowest BCUT2D eigenvalue weighted by molar-refractivity contribution is 0.380. The zero-order valence-electron chi connectivity index (χ0n) is 21.4. The summed E-state index contributed by atoms with van der Waals surface area (Å²) < 4.78 is 146. The van der Waals surface area contributed by atoms with Crippen molar-refractivity contribution in [1.82, 2.24) is 19.9 Å². The summed E-state index contributed by atoms with van der Waals surface area (Å²) in [6, 6.07) is 6.14. The number of nitrogens with zero attached hydrogens (tertiary/aromatic N) is 8. The first kappa shape index (κ1) is 29.4. The maximum absolute atomic E-state index is 15.9. The highest BCUT2D eigenvalue weighted by Crippen LogP contribution is 2.42. The topological polar surface area (TPSA) is 147 Å². The predicted octanol–water partition coefficient (Wildman–Crippen LogP) is 6.42. The SMILES string of the molecule is N#Cc1c(C#N)c(C#N)c2c3nc4c(F)c(F)c(-c5c(F)c(F)c(F)c(F)c5F)c(F)c4nc3c3nc(F)c(F)nc3c2c1C#N. The summed E-state index contributed by atoms with van der Waals surface area (Å²) >= 11 is 0. The van der Waals surface area contributed by atoms with E-state index in [9.17, 15) is 51.8 Å². The third-order valence-electron chi connectivity index (χ3n) is 6.86. The highest BCUT2D eigenvalue weighted by Gasteiger charge is 2.34. The second-order valence-corrected chi connectivity index (χ2v) is 9.08. The van der Waals surface area contributed by atoms with Gasteiger partial charge in [0.15, 0.2) is 40.7 Å². The second-order valence-electron chi connectivity index (χ2n) is 9.08. The Hall–Kier alpha value is -6.66. The lowest BCUT2D eigenvalue weighted by Crippen LogP contribution is -2.09. The molecule has 0 saturated heterocycles. The number of benzene rings is 4. The second kappa shape index (κ2) is 9.94. The summed E-state index contributed by atoms with van der Waals surface area (Å²) in [6.07, 6.45) is 0. The number of halogens is 10. The molecule has 0 aliphatic carbocycles. The minimum atomic E-state index is -2.72. The molecule has 0 N–H and O–H groups in total. The van der Waals surface area contributed by atoms with Crippen molar-refractivity contribution >= 4 is 43.9 Å². The smallest absolute Gasteiger partial charge is 0.240 e. The Bertz CT molecular complexity index is 2620. The van der Waals surface area contributed by atoms with Crippen molar-refractivity contribution in [3.63, 3.8) is 0 Å². The van der Waals surface area contributed by atoms with Crippen molar-refractivity contribution in [3.05, 3.63) is 80.7 Å². The Labute approximate surface area is 245 Å². The van der Waals surface area contributed by atoms with E-state index >= 15 is 13.2 Å². The van der Waals surface area contributed by atoms with E-state index in [2.05, 4.69) is 19.9 Å². The molecule has 6 aromatic rings. The van der Waals surface area contributed by atoms with Crippen LogP contribution in [0.25, 0.3) is 55.0 Å². The quantitative estimate of drug-likeness (QED) is 0.0659. The summed E-state index contributed by atoms with van der Waals surface area (Å²) in [5.74, 6) is -24.3. The summed E-state index contributed by atoms with van der Waals surface area (Å²) in [5.41, 5.74) is -13.7. The first-order chi connectivity index (χ1) is 21.8. The van der Waals surface area contributed by atoms with Gasteiger partial charge in [0, 0.05) is 10.8 Å². The molecule has 0 amide bonds. The highest BCUT2D eigenvalue weighted by atomic mass is 19.2. The number of nitriles is 4. The molecule has 0 unspecified atom stereocenters. The van der Waals surface area contributed by atoms with Crippen LogP contribution >= 0.6 is 0 Å². The normalized spacial score (nSPS) is 11.2. The lowest BCUT2D eigenvalue weighted by Gasteiger charge is -2.15. The predicted molar refractivity (Wildman–Crippen MR) is 132 cm³/mol. The van der Waals surface area contributed by atoms with E-state index < -0.39 is 136 Å². The van der Waals surface area contributed by atoms with E-state index in [0.29, 0.717) is 0 Å². The Kier molecular flexibility index (Phi) is 6.35. The van der Waals surface area contributed by atoms with Crippen molar-refractivity contribution < 1.29 is 43.9 Å². The van der Waals surface area contributed by atoms with Gasteiger partial charge in [-0.15, -0.1) is 0 Å². The molecule has 8 nitrogen and oxygen atoms in total. The van der Waals surface area contributed by atoms with Gasteiger partial charge in [-0.1, -0.05) is 0 Å². The van der Waals surface area contributed by atoms with Gasteiger partial charge < -0.3 is 0 Å². The summed E-state index contributed by atoms with van der Waals surface area (Å²) in [7, 11) is 0. The van der Waals surface area contributed by atoms with Crippen molar-refractivity contribution in [3.8, 4) is 35.4 Å². The van der Waals surface area contributed by atoms with Crippen LogP contribution in [0, 0.1) is 104 Å². The van der Waals surface area contributed by atoms with Crippen LogP contribution in [0.2, 0.25) is 0 Å². The maximum atomic E-state index is 15.9. The highest BCUT2D eigenvalue weighted by molar-refractivity contribution is 6.25. The van der Waals surface area contributed by atoms with Gasteiger partial charge >= 0.3 is 0 Å². The van der Waals surface area contributed by atoms with Gasteiger partial charge in [-0.2, -0.15) is 29.8 Å². The molecule has 0 radical (unpaired) electrons. The van der Waals surface area contributed by atoms with Crippen LogP contribution in [0.1, 0.15) is 22.3 Å². The molecule has 2 aromatic heterocycles. The lowest BCUT2D eigenvalue weighted by atomic mass is 9.89. The number of hydrogen-bond acceptors (Lipinski definition) is 8. The van der Waals surface area contributed by atoms with E-state index in [1.54, 1.807) is 12.1 Å². The fourth-order valence-electron chi connectivity index (χ4n) is 4.96. The number of aromatic nitrogens is 4. The molecule has 222 valence electrons. The van der Waals surface area contributed by atoms with Crippen LogP contribution in [0.4, 0.5) is 43.9 Å².